The average Bonchev–Trinajstić information content (AvgIpc) is 2.55. The van der Waals surface area contributed by atoms with Gasteiger partial charge < -0.3 is 10.2 Å². The molecule has 0 unspecified atom stereocenters. The maximum atomic E-state index is 12.5. The molecule has 1 N–H and O–H groups in total. The molecular formula is C16H21N5O. The molecule has 0 saturated carbocycles. The van der Waals surface area contributed by atoms with Crippen molar-refractivity contribution >= 4 is 11.9 Å². The summed E-state index contributed by atoms with van der Waals surface area (Å²) in [4.78, 5) is 26.7. The van der Waals surface area contributed by atoms with Crippen molar-refractivity contribution < 1.29 is 4.79 Å². The number of amides is 1. The number of hydrogen-bond donors (Lipinski definition) is 1. The molecule has 0 bridgehead atoms. The topological polar surface area (TPSA) is 71.0 Å². The van der Waals surface area contributed by atoms with E-state index in [9.17, 15) is 4.79 Å². The lowest BCUT2D eigenvalue weighted by Gasteiger charge is -2.17. The molecule has 6 heteroatoms. The minimum absolute atomic E-state index is 0.0301. The van der Waals surface area contributed by atoms with Crippen LogP contribution >= 0.6 is 0 Å². The summed E-state index contributed by atoms with van der Waals surface area (Å²) >= 11 is 0. The number of nitrogens with one attached hydrogen (secondary N) is 1. The average molecular weight is 299 g/mol. The summed E-state index contributed by atoms with van der Waals surface area (Å²) < 4.78 is 0. The summed E-state index contributed by atoms with van der Waals surface area (Å²) in [6.07, 6.45) is 7.02. The van der Waals surface area contributed by atoms with Gasteiger partial charge in [-0.25, -0.2) is 9.97 Å². The fourth-order valence-electron chi connectivity index (χ4n) is 2.14. The molecule has 0 aromatic carbocycles. The van der Waals surface area contributed by atoms with Gasteiger partial charge in [0.05, 0.1) is 0 Å². The van der Waals surface area contributed by atoms with Gasteiger partial charge in [0.15, 0.2) is 0 Å². The van der Waals surface area contributed by atoms with Crippen molar-refractivity contribution in [2.45, 2.75) is 26.3 Å². The minimum Gasteiger partial charge on any atom is -0.357 e. The zero-order chi connectivity index (χ0) is 15.9. The molecule has 0 atom stereocenters. The Bertz CT molecular complexity index is 627. The van der Waals surface area contributed by atoms with Crippen molar-refractivity contribution in [3.8, 4) is 0 Å². The largest absolute Gasteiger partial charge is 0.357 e. The number of aryl methyl sites for hydroxylation is 1. The van der Waals surface area contributed by atoms with Gasteiger partial charge in [0.1, 0.15) is 0 Å². The first kappa shape index (κ1) is 15.9. The Balaban J connectivity index is 2.06. The smallest absolute Gasteiger partial charge is 0.254 e. The zero-order valence-corrected chi connectivity index (χ0v) is 13.2. The van der Waals surface area contributed by atoms with E-state index >= 15 is 0 Å². The molecule has 2 aromatic rings. The Morgan fingerprint density at radius 3 is 2.64 bits per heavy atom. The lowest BCUT2D eigenvalue weighted by molar-refractivity contribution is 0.0784. The molecule has 6 nitrogen and oxygen atoms in total. The summed E-state index contributed by atoms with van der Waals surface area (Å²) in [5.74, 6) is 0.536. The number of pyridine rings is 1. The van der Waals surface area contributed by atoms with Gasteiger partial charge in [0, 0.05) is 56.1 Å². The standard InChI is InChI=1S/C16H21N5O/c1-4-5-14-8-13(6-7-18-14)15(22)21(3)11-12-9-19-16(17-2)20-10-12/h6-10H,4-5,11H2,1-3H3,(H,17,19,20). The van der Waals surface area contributed by atoms with Gasteiger partial charge in [-0.3, -0.25) is 9.78 Å². The van der Waals surface area contributed by atoms with Crippen LogP contribution in [-0.4, -0.2) is 39.9 Å². The summed E-state index contributed by atoms with van der Waals surface area (Å²) in [5.41, 5.74) is 2.50. The van der Waals surface area contributed by atoms with Crippen LogP contribution in [0.4, 0.5) is 5.95 Å². The molecule has 0 radical (unpaired) electrons. The molecule has 0 aliphatic rings. The van der Waals surface area contributed by atoms with E-state index in [4.69, 9.17) is 0 Å². The summed E-state index contributed by atoms with van der Waals surface area (Å²) in [7, 11) is 3.54. The predicted molar refractivity (Wildman–Crippen MR) is 85.6 cm³/mol. The Morgan fingerprint density at radius 2 is 2.00 bits per heavy atom. The van der Waals surface area contributed by atoms with Crippen molar-refractivity contribution in [2.24, 2.45) is 0 Å². The van der Waals surface area contributed by atoms with Crippen LogP contribution < -0.4 is 5.32 Å². The Morgan fingerprint density at radius 1 is 1.27 bits per heavy atom. The van der Waals surface area contributed by atoms with Crippen LogP contribution in [0.15, 0.2) is 30.7 Å². The molecule has 22 heavy (non-hydrogen) atoms. The fraction of sp³-hybridized carbons (Fsp3) is 0.375. The summed E-state index contributed by atoms with van der Waals surface area (Å²) in [6.45, 7) is 2.56. The van der Waals surface area contributed by atoms with Gasteiger partial charge in [-0.1, -0.05) is 13.3 Å². The SMILES string of the molecule is CCCc1cc(C(=O)N(C)Cc2cnc(NC)nc2)ccn1. The molecule has 116 valence electrons. The first-order chi connectivity index (χ1) is 10.6. The highest BCUT2D eigenvalue weighted by Crippen LogP contribution is 2.10. The Hall–Kier alpha value is -2.50. The van der Waals surface area contributed by atoms with E-state index in [0.29, 0.717) is 18.1 Å². The van der Waals surface area contributed by atoms with Crippen molar-refractivity contribution in [3.05, 3.63) is 47.5 Å². The second-order valence-electron chi connectivity index (χ2n) is 5.11. The highest BCUT2D eigenvalue weighted by molar-refractivity contribution is 5.94. The van der Waals surface area contributed by atoms with Gasteiger partial charge in [-0.2, -0.15) is 0 Å². The monoisotopic (exact) mass is 299 g/mol. The Labute approximate surface area is 130 Å². The molecule has 2 rings (SSSR count). The number of nitrogens with zero attached hydrogens (tertiary/aromatic N) is 4. The van der Waals surface area contributed by atoms with Crippen LogP contribution in [0.2, 0.25) is 0 Å². The summed E-state index contributed by atoms with van der Waals surface area (Å²) in [6, 6.07) is 3.61. The third-order valence-corrected chi connectivity index (χ3v) is 3.27. The molecule has 0 saturated heterocycles. The van der Waals surface area contributed by atoms with Crippen molar-refractivity contribution in [3.63, 3.8) is 0 Å². The Kier molecular flexibility index (Phi) is 5.41. The van der Waals surface area contributed by atoms with E-state index < -0.39 is 0 Å². The molecule has 0 fully saturated rings. The minimum atomic E-state index is -0.0301. The number of carbonyl (C=O) groups is 1. The fourth-order valence-corrected chi connectivity index (χ4v) is 2.14. The van der Waals surface area contributed by atoms with E-state index in [1.165, 1.54) is 0 Å². The van der Waals surface area contributed by atoms with Crippen LogP contribution in [0.25, 0.3) is 0 Å². The van der Waals surface area contributed by atoms with Gasteiger partial charge in [-0.15, -0.1) is 0 Å². The molecule has 2 aromatic heterocycles. The van der Waals surface area contributed by atoms with Crippen molar-refractivity contribution in [2.75, 3.05) is 19.4 Å². The maximum absolute atomic E-state index is 12.5. The van der Waals surface area contributed by atoms with Gasteiger partial charge in [-0.05, 0) is 18.6 Å². The first-order valence-corrected chi connectivity index (χ1v) is 7.33. The highest BCUT2D eigenvalue weighted by Gasteiger charge is 2.13. The zero-order valence-electron chi connectivity index (χ0n) is 13.2. The third kappa shape index (κ3) is 4.00. The van der Waals surface area contributed by atoms with Crippen LogP contribution in [0.1, 0.15) is 35.0 Å². The number of rotatable bonds is 6. The third-order valence-electron chi connectivity index (χ3n) is 3.27. The second kappa shape index (κ2) is 7.49. The molecule has 0 spiro atoms. The molecule has 0 aliphatic heterocycles. The van der Waals surface area contributed by atoms with Crippen LogP contribution in [-0.2, 0) is 13.0 Å². The predicted octanol–water partition coefficient (Wildman–Crippen LogP) is 2.14. The van der Waals surface area contributed by atoms with Crippen LogP contribution in [0, 0.1) is 0 Å². The van der Waals surface area contributed by atoms with Crippen molar-refractivity contribution in [1.82, 2.24) is 19.9 Å². The van der Waals surface area contributed by atoms with Crippen LogP contribution in [0.5, 0.6) is 0 Å². The molecule has 0 aliphatic carbocycles. The van der Waals surface area contributed by atoms with E-state index in [1.54, 1.807) is 43.7 Å². The maximum Gasteiger partial charge on any atom is 0.254 e. The summed E-state index contributed by atoms with van der Waals surface area (Å²) in [5, 5.41) is 2.86. The van der Waals surface area contributed by atoms with E-state index in [0.717, 1.165) is 24.1 Å². The first-order valence-electron chi connectivity index (χ1n) is 7.33. The molecule has 2 heterocycles. The van der Waals surface area contributed by atoms with Crippen LogP contribution in [0.3, 0.4) is 0 Å². The van der Waals surface area contributed by atoms with Gasteiger partial charge >= 0.3 is 0 Å². The van der Waals surface area contributed by atoms with Gasteiger partial charge in [0.25, 0.3) is 5.91 Å². The van der Waals surface area contributed by atoms with Crippen molar-refractivity contribution in [1.29, 1.82) is 0 Å². The molecule has 1 amide bonds. The normalized spacial score (nSPS) is 10.3. The number of hydrogen-bond acceptors (Lipinski definition) is 5. The van der Waals surface area contributed by atoms with Gasteiger partial charge in [0.2, 0.25) is 5.95 Å². The lowest BCUT2D eigenvalue weighted by Crippen LogP contribution is -2.26. The quantitative estimate of drug-likeness (QED) is 0.885. The number of carbonyl (C=O) groups excluding carboxylic acids is 1. The molecular weight excluding hydrogens is 278 g/mol. The van der Waals surface area contributed by atoms with E-state index in [2.05, 4.69) is 27.2 Å². The van der Waals surface area contributed by atoms with E-state index in [1.807, 2.05) is 6.07 Å². The van der Waals surface area contributed by atoms with E-state index in [-0.39, 0.29) is 5.91 Å². The number of anilines is 1. The highest BCUT2D eigenvalue weighted by atomic mass is 16.2. The lowest BCUT2D eigenvalue weighted by atomic mass is 10.1. The number of aromatic nitrogens is 3. The second-order valence-corrected chi connectivity index (χ2v) is 5.11.